The molecule has 1 saturated carbocycles. The van der Waals surface area contributed by atoms with Gasteiger partial charge in [0.1, 0.15) is 10.8 Å². The van der Waals surface area contributed by atoms with Crippen LogP contribution in [0.4, 0.5) is 0 Å². The Labute approximate surface area is 104 Å². The quantitative estimate of drug-likeness (QED) is 0.864. The van der Waals surface area contributed by atoms with Gasteiger partial charge < -0.3 is 5.32 Å². The van der Waals surface area contributed by atoms with Crippen molar-refractivity contribution in [2.24, 2.45) is 5.92 Å². The van der Waals surface area contributed by atoms with Crippen LogP contribution in [0.3, 0.4) is 0 Å². The molecular weight excluding hydrogens is 240 g/mol. The van der Waals surface area contributed by atoms with Crippen molar-refractivity contribution in [3.63, 3.8) is 0 Å². The van der Waals surface area contributed by atoms with Gasteiger partial charge in [0.25, 0.3) is 5.91 Å². The molecule has 88 valence electrons. The number of hydrogen-bond donors (Lipinski definition) is 1. The molecule has 0 aliphatic heterocycles. The predicted octanol–water partition coefficient (Wildman–Crippen LogP) is 1.55. The number of carbonyl (C=O) groups excluding carboxylic acids is 1. The Morgan fingerprint density at radius 1 is 1.47 bits per heavy atom. The van der Waals surface area contributed by atoms with Crippen LogP contribution >= 0.6 is 11.6 Å². The lowest BCUT2D eigenvalue weighted by Crippen LogP contribution is -2.37. The summed E-state index contributed by atoms with van der Waals surface area (Å²) in [6.07, 6.45) is 5.30. The second-order valence-electron chi connectivity index (χ2n) is 3.97. The zero-order valence-corrected chi connectivity index (χ0v) is 9.81. The van der Waals surface area contributed by atoms with Crippen LogP contribution in [0, 0.1) is 17.2 Å². The molecule has 0 aromatic carbocycles. The van der Waals surface area contributed by atoms with Crippen molar-refractivity contribution < 1.29 is 4.79 Å². The van der Waals surface area contributed by atoms with Crippen LogP contribution in [0.1, 0.15) is 29.8 Å². The average molecular weight is 251 g/mol. The zero-order chi connectivity index (χ0) is 12.3. The molecule has 1 aromatic heterocycles. The molecule has 1 aliphatic carbocycles. The SMILES string of the molecule is N#CC1CCCC1NC(=O)c1cnc(Cl)cn1. The number of rotatable bonds is 2. The number of hydrogen-bond acceptors (Lipinski definition) is 4. The number of nitrogens with one attached hydrogen (secondary N) is 1. The van der Waals surface area contributed by atoms with Crippen LogP contribution in [0.2, 0.25) is 5.15 Å². The Morgan fingerprint density at radius 3 is 2.94 bits per heavy atom. The summed E-state index contributed by atoms with van der Waals surface area (Å²) in [6, 6.07) is 2.13. The van der Waals surface area contributed by atoms with E-state index in [2.05, 4.69) is 21.4 Å². The van der Waals surface area contributed by atoms with E-state index >= 15 is 0 Å². The highest BCUT2D eigenvalue weighted by atomic mass is 35.5. The monoisotopic (exact) mass is 250 g/mol. The minimum Gasteiger partial charge on any atom is -0.347 e. The van der Waals surface area contributed by atoms with Crippen molar-refractivity contribution in [3.8, 4) is 6.07 Å². The molecule has 2 unspecified atom stereocenters. The van der Waals surface area contributed by atoms with E-state index in [0.29, 0.717) is 0 Å². The summed E-state index contributed by atoms with van der Waals surface area (Å²) in [6.45, 7) is 0. The topological polar surface area (TPSA) is 78.7 Å². The van der Waals surface area contributed by atoms with E-state index in [1.165, 1.54) is 12.4 Å². The van der Waals surface area contributed by atoms with E-state index in [1.54, 1.807) is 0 Å². The zero-order valence-electron chi connectivity index (χ0n) is 9.06. The molecule has 0 bridgehead atoms. The second kappa shape index (κ2) is 5.11. The van der Waals surface area contributed by atoms with E-state index in [1.807, 2.05) is 0 Å². The van der Waals surface area contributed by atoms with E-state index in [4.69, 9.17) is 16.9 Å². The fraction of sp³-hybridized carbons (Fsp3) is 0.455. The first-order chi connectivity index (χ1) is 8.20. The summed E-state index contributed by atoms with van der Waals surface area (Å²) in [5.41, 5.74) is 0.220. The van der Waals surface area contributed by atoms with Crippen molar-refractivity contribution in [2.45, 2.75) is 25.3 Å². The van der Waals surface area contributed by atoms with Gasteiger partial charge in [-0.05, 0) is 19.3 Å². The van der Waals surface area contributed by atoms with Crippen LogP contribution in [0.15, 0.2) is 12.4 Å². The first kappa shape index (κ1) is 11.8. The van der Waals surface area contributed by atoms with Gasteiger partial charge in [0.2, 0.25) is 0 Å². The first-order valence-corrected chi connectivity index (χ1v) is 5.76. The number of aromatic nitrogens is 2. The minimum absolute atomic E-state index is 0.0787. The van der Waals surface area contributed by atoms with E-state index in [-0.39, 0.29) is 28.7 Å². The predicted molar refractivity (Wildman–Crippen MR) is 61.3 cm³/mol. The van der Waals surface area contributed by atoms with Gasteiger partial charge in [-0.15, -0.1) is 0 Å². The Bertz CT molecular complexity index is 454. The van der Waals surface area contributed by atoms with Crippen molar-refractivity contribution in [1.29, 1.82) is 5.26 Å². The summed E-state index contributed by atoms with van der Waals surface area (Å²) in [4.78, 5) is 19.5. The maximum Gasteiger partial charge on any atom is 0.271 e. The van der Waals surface area contributed by atoms with Gasteiger partial charge in [-0.25, -0.2) is 9.97 Å². The Balaban J connectivity index is 2.02. The molecule has 1 heterocycles. The summed E-state index contributed by atoms with van der Waals surface area (Å²) in [5.74, 6) is -0.402. The normalized spacial score (nSPS) is 23.1. The molecule has 2 atom stereocenters. The molecule has 6 heteroatoms. The Morgan fingerprint density at radius 2 is 2.29 bits per heavy atom. The van der Waals surface area contributed by atoms with Crippen molar-refractivity contribution in [1.82, 2.24) is 15.3 Å². The third-order valence-corrected chi connectivity index (χ3v) is 3.05. The molecule has 1 amide bonds. The van der Waals surface area contributed by atoms with Crippen LogP contribution in [-0.4, -0.2) is 21.9 Å². The molecule has 1 fully saturated rings. The lowest BCUT2D eigenvalue weighted by atomic mass is 10.1. The molecule has 2 rings (SSSR count). The number of amides is 1. The highest BCUT2D eigenvalue weighted by Gasteiger charge is 2.28. The summed E-state index contributed by atoms with van der Waals surface area (Å²) >= 11 is 5.58. The number of nitrogens with zero attached hydrogens (tertiary/aromatic N) is 3. The lowest BCUT2D eigenvalue weighted by molar-refractivity contribution is 0.0927. The molecule has 5 nitrogen and oxygen atoms in total. The largest absolute Gasteiger partial charge is 0.347 e. The molecule has 1 N–H and O–H groups in total. The highest BCUT2D eigenvalue weighted by molar-refractivity contribution is 6.29. The van der Waals surface area contributed by atoms with Gasteiger partial charge in [-0.2, -0.15) is 5.26 Å². The summed E-state index contributed by atoms with van der Waals surface area (Å²) in [7, 11) is 0. The van der Waals surface area contributed by atoms with Gasteiger partial charge >= 0.3 is 0 Å². The molecule has 1 aromatic rings. The fourth-order valence-corrected chi connectivity index (χ4v) is 2.06. The third kappa shape index (κ3) is 2.71. The van der Waals surface area contributed by atoms with Crippen LogP contribution in [0.5, 0.6) is 0 Å². The van der Waals surface area contributed by atoms with Gasteiger partial charge in [0.15, 0.2) is 0 Å². The van der Waals surface area contributed by atoms with E-state index in [0.717, 1.165) is 19.3 Å². The lowest BCUT2D eigenvalue weighted by Gasteiger charge is -2.14. The standard InChI is InChI=1S/C11H11ClN4O/c12-10-6-14-9(5-15-10)11(17)16-8-3-1-2-7(8)4-13/h5-8H,1-3H2,(H,16,17). The molecule has 17 heavy (non-hydrogen) atoms. The Hall–Kier alpha value is -1.67. The van der Waals surface area contributed by atoms with Gasteiger partial charge in [0, 0.05) is 6.04 Å². The number of halogens is 1. The maximum absolute atomic E-state index is 11.8. The fourth-order valence-electron chi connectivity index (χ4n) is 1.96. The van der Waals surface area contributed by atoms with Crippen molar-refractivity contribution >= 4 is 17.5 Å². The van der Waals surface area contributed by atoms with Crippen LogP contribution < -0.4 is 5.32 Å². The van der Waals surface area contributed by atoms with Gasteiger partial charge in [-0.3, -0.25) is 4.79 Å². The second-order valence-corrected chi connectivity index (χ2v) is 4.36. The number of nitriles is 1. The summed E-state index contributed by atoms with van der Waals surface area (Å²) in [5, 5.41) is 12.0. The molecule has 1 aliphatic rings. The molecule has 0 saturated heterocycles. The number of carbonyl (C=O) groups is 1. The van der Waals surface area contributed by atoms with Crippen molar-refractivity contribution in [2.75, 3.05) is 0 Å². The van der Waals surface area contributed by atoms with E-state index < -0.39 is 0 Å². The van der Waals surface area contributed by atoms with Gasteiger partial charge in [0.05, 0.1) is 24.4 Å². The molecular formula is C11H11ClN4O. The van der Waals surface area contributed by atoms with Crippen LogP contribution in [-0.2, 0) is 0 Å². The van der Waals surface area contributed by atoms with Crippen LogP contribution in [0.25, 0.3) is 0 Å². The summed E-state index contributed by atoms with van der Waals surface area (Å²) < 4.78 is 0. The van der Waals surface area contributed by atoms with Gasteiger partial charge in [-0.1, -0.05) is 11.6 Å². The molecule has 0 spiro atoms. The maximum atomic E-state index is 11.8. The van der Waals surface area contributed by atoms with Crippen molar-refractivity contribution in [3.05, 3.63) is 23.2 Å². The third-order valence-electron chi connectivity index (χ3n) is 2.85. The highest BCUT2D eigenvalue weighted by Crippen LogP contribution is 2.24. The average Bonchev–Trinajstić information content (AvgIpc) is 2.77. The Kier molecular flexibility index (Phi) is 3.55. The van der Waals surface area contributed by atoms with E-state index in [9.17, 15) is 4.79 Å². The smallest absolute Gasteiger partial charge is 0.271 e. The molecule has 0 radical (unpaired) electrons. The first-order valence-electron chi connectivity index (χ1n) is 5.38. The minimum atomic E-state index is -0.304.